The van der Waals surface area contributed by atoms with Gasteiger partial charge in [0.05, 0.1) is 15.1 Å². The van der Waals surface area contributed by atoms with Crippen LogP contribution in [0.5, 0.6) is 0 Å². The van der Waals surface area contributed by atoms with Gasteiger partial charge in [0.25, 0.3) is 0 Å². The van der Waals surface area contributed by atoms with Crippen molar-refractivity contribution < 1.29 is 9.53 Å². The second-order valence-corrected chi connectivity index (χ2v) is 5.08. The molecule has 1 aromatic rings. The Hall–Kier alpha value is -0.100. The summed E-state index contributed by atoms with van der Waals surface area (Å²) in [5.41, 5.74) is 0.665. The van der Waals surface area contributed by atoms with E-state index in [0.717, 1.165) is 9.30 Å². The minimum atomic E-state index is -0.212. The van der Waals surface area contributed by atoms with E-state index in [-0.39, 0.29) is 5.97 Å². The van der Waals surface area contributed by atoms with Crippen molar-refractivity contribution in [2.75, 3.05) is 6.61 Å². The number of halogens is 1. The maximum absolute atomic E-state index is 11.2. The SMILES string of the molecule is CCCOC(=O)c1csc(I)c1. The highest BCUT2D eigenvalue weighted by molar-refractivity contribution is 14.1. The van der Waals surface area contributed by atoms with Gasteiger partial charge in [0, 0.05) is 5.38 Å². The van der Waals surface area contributed by atoms with E-state index >= 15 is 0 Å². The highest BCUT2D eigenvalue weighted by Gasteiger charge is 2.07. The zero-order chi connectivity index (χ0) is 8.97. The lowest BCUT2D eigenvalue weighted by atomic mass is 10.3. The van der Waals surface area contributed by atoms with Crippen molar-refractivity contribution in [1.82, 2.24) is 0 Å². The number of hydrogen-bond donors (Lipinski definition) is 0. The van der Waals surface area contributed by atoms with Crippen LogP contribution in [0.4, 0.5) is 0 Å². The third kappa shape index (κ3) is 2.75. The van der Waals surface area contributed by atoms with Crippen LogP contribution in [0.15, 0.2) is 11.4 Å². The monoisotopic (exact) mass is 296 g/mol. The van der Waals surface area contributed by atoms with Gasteiger partial charge in [0.1, 0.15) is 0 Å². The number of hydrogen-bond acceptors (Lipinski definition) is 3. The number of carbonyl (C=O) groups excluding carboxylic acids is 1. The predicted octanol–water partition coefficient (Wildman–Crippen LogP) is 2.92. The molecule has 1 aromatic heterocycles. The van der Waals surface area contributed by atoms with E-state index in [9.17, 15) is 4.79 Å². The lowest BCUT2D eigenvalue weighted by molar-refractivity contribution is 0.0505. The molecule has 0 atom stereocenters. The normalized spacial score (nSPS) is 9.83. The summed E-state index contributed by atoms with van der Waals surface area (Å²) in [4.78, 5) is 11.2. The number of thiophene rings is 1. The number of esters is 1. The van der Waals surface area contributed by atoms with Gasteiger partial charge in [-0.05, 0) is 35.1 Å². The smallest absolute Gasteiger partial charge is 0.339 e. The lowest BCUT2D eigenvalue weighted by Crippen LogP contribution is -2.04. The molecule has 1 heterocycles. The highest BCUT2D eigenvalue weighted by atomic mass is 127. The largest absolute Gasteiger partial charge is 0.462 e. The summed E-state index contributed by atoms with van der Waals surface area (Å²) in [7, 11) is 0. The van der Waals surface area contributed by atoms with E-state index < -0.39 is 0 Å². The molecular weight excluding hydrogens is 287 g/mol. The van der Waals surface area contributed by atoms with Crippen LogP contribution in [-0.4, -0.2) is 12.6 Å². The molecule has 12 heavy (non-hydrogen) atoms. The second kappa shape index (κ2) is 4.81. The van der Waals surface area contributed by atoms with Gasteiger partial charge in [-0.2, -0.15) is 0 Å². The van der Waals surface area contributed by atoms with Crippen LogP contribution >= 0.6 is 33.9 Å². The molecule has 2 nitrogen and oxygen atoms in total. The molecule has 0 saturated heterocycles. The van der Waals surface area contributed by atoms with Gasteiger partial charge in [-0.25, -0.2) is 4.79 Å². The van der Waals surface area contributed by atoms with Gasteiger partial charge < -0.3 is 4.74 Å². The van der Waals surface area contributed by atoms with Crippen molar-refractivity contribution in [3.63, 3.8) is 0 Å². The fourth-order valence-corrected chi connectivity index (χ4v) is 2.01. The van der Waals surface area contributed by atoms with Crippen LogP contribution in [0.1, 0.15) is 23.7 Å². The average Bonchev–Trinajstić information content (AvgIpc) is 2.47. The van der Waals surface area contributed by atoms with Gasteiger partial charge >= 0.3 is 5.97 Å². The first kappa shape index (κ1) is 9.98. The summed E-state index contributed by atoms with van der Waals surface area (Å²) in [5.74, 6) is -0.212. The van der Waals surface area contributed by atoms with Gasteiger partial charge in [-0.1, -0.05) is 6.92 Å². The van der Waals surface area contributed by atoms with Crippen molar-refractivity contribution in [2.45, 2.75) is 13.3 Å². The molecule has 66 valence electrons. The Morgan fingerprint density at radius 1 is 1.75 bits per heavy atom. The molecule has 0 aliphatic carbocycles. The van der Waals surface area contributed by atoms with Gasteiger partial charge in [0.15, 0.2) is 0 Å². The Balaban J connectivity index is 2.53. The molecule has 0 saturated carbocycles. The number of ether oxygens (including phenoxy) is 1. The molecule has 0 unspecified atom stereocenters. The van der Waals surface area contributed by atoms with E-state index in [1.165, 1.54) is 0 Å². The molecule has 0 aromatic carbocycles. The molecule has 0 aliphatic rings. The fourth-order valence-electron chi connectivity index (χ4n) is 0.695. The van der Waals surface area contributed by atoms with Crippen LogP contribution in [-0.2, 0) is 4.74 Å². The molecule has 0 fully saturated rings. The van der Waals surface area contributed by atoms with Gasteiger partial charge in [0.2, 0.25) is 0 Å². The number of rotatable bonds is 3. The topological polar surface area (TPSA) is 26.3 Å². The molecule has 0 spiro atoms. The van der Waals surface area contributed by atoms with Gasteiger partial charge in [-0.3, -0.25) is 0 Å². The third-order valence-electron chi connectivity index (χ3n) is 1.24. The van der Waals surface area contributed by atoms with Crippen LogP contribution in [0.3, 0.4) is 0 Å². The van der Waals surface area contributed by atoms with E-state index in [2.05, 4.69) is 22.6 Å². The van der Waals surface area contributed by atoms with E-state index in [4.69, 9.17) is 4.74 Å². The maximum Gasteiger partial charge on any atom is 0.339 e. The predicted molar refractivity (Wildman–Crippen MR) is 57.6 cm³/mol. The zero-order valence-corrected chi connectivity index (χ0v) is 9.65. The first-order valence-corrected chi connectivity index (χ1v) is 5.61. The van der Waals surface area contributed by atoms with Crippen LogP contribution in [0.25, 0.3) is 0 Å². The standard InChI is InChI=1S/C8H9IO2S/c1-2-3-11-8(10)6-4-7(9)12-5-6/h4-5H,2-3H2,1H3. The first-order chi connectivity index (χ1) is 5.74. The molecule has 0 bridgehead atoms. The van der Waals surface area contributed by atoms with Crippen LogP contribution in [0.2, 0.25) is 0 Å². The first-order valence-electron chi connectivity index (χ1n) is 3.65. The van der Waals surface area contributed by atoms with Crippen molar-refractivity contribution in [3.8, 4) is 0 Å². The van der Waals surface area contributed by atoms with Crippen molar-refractivity contribution in [3.05, 3.63) is 19.9 Å². The van der Waals surface area contributed by atoms with Crippen molar-refractivity contribution in [2.24, 2.45) is 0 Å². The summed E-state index contributed by atoms with van der Waals surface area (Å²) in [6.07, 6.45) is 0.868. The van der Waals surface area contributed by atoms with Gasteiger partial charge in [-0.15, -0.1) is 11.3 Å². The van der Waals surface area contributed by atoms with Crippen molar-refractivity contribution in [1.29, 1.82) is 0 Å². The minimum absolute atomic E-state index is 0.212. The molecule has 1 rings (SSSR count). The van der Waals surface area contributed by atoms with E-state index in [1.807, 2.05) is 18.4 Å². The molecular formula is C8H9IO2S. The Bertz CT molecular complexity index is 270. The van der Waals surface area contributed by atoms with Crippen molar-refractivity contribution >= 4 is 39.9 Å². The Labute approximate surface area is 89.1 Å². The summed E-state index contributed by atoms with van der Waals surface area (Å²) in [5, 5.41) is 1.82. The third-order valence-corrected chi connectivity index (χ3v) is 3.03. The molecule has 0 amide bonds. The quantitative estimate of drug-likeness (QED) is 0.633. The number of carbonyl (C=O) groups is 1. The fraction of sp³-hybridized carbons (Fsp3) is 0.375. The summed E-state index contributed by atoms with van der Waals surface area (Å²) in [6, 6.07) is 1.84. The Kier molecular flexibility index (Phi) is 4.00. The minimum Gasteiger partial charge on any atom is -0.462 e. The lowest BCUT2D eigenvalue weighted by Gasteiger charge is -1.98. The highest BCUT2D eigenvalue weighted by Crippen LogP contribution is 2.17. The van der Waals surface area contributed by atoms with Crippen LogP contribution in [0, 0.1) is 2.88 Å². The summed E-state index contributed by atoms with van der Waals surface area (Å²) >= 11 is 3.73. The molecule has 0 N–H and O–H groups in total. The average molecular weight is 296 g/mol. The van der Waals surface area contributed by atoms with E-state index in [1.54, 1.807) is 11.3 Å². The Morgan fingerprint density at radius 2 is 2.50 bits per heavy atom. The van der Waals surface area contributed by atoms with E-state index in [0.29, 0.717) is 12.2 Å². The zero-order valence-electron chi connectivity index (χ0n) is 6.67. The summed E-state index contributed by atoms with van der Waals surface area (Å²) in [6.45, 7) is 2.48. The molecule has 0 radical (unpaired) electrons. The maximum atomic E-state index is 11.2. The Morgan fingerprint density at radius 3 is 3.00 bits per heavy atom. The molecule has 0 aliphatic heterocycles. The van der Waals surface area contributed by atoms with Crippen LogP contribution < -0.4 is 0 Å². The summed E-state index contributed by atoms with van der Waals surface area (Å²) < 4.78 is 6.06. The second-order valence-electron chi connectivity index (χ2n) is 2.28. The molecule has 4 heteroatoms.